The summed E-state index contributed by atoms with van der Waals surface area (Å²) in [5.41, 5.74) is 0. The standard InChI is InChI=1S/C17H35N.C2H4O2/c1-3-5-6-7-8-9-11-15-18-16-12-10-14-17(18)13-4-2;1-2(3)4/h17H,3-16H2,1-2H3;1H3,(H,3,4). The number of aliphatic carboxylic acids is 1. The number of quaternary nitrogens is 1. The van der Waals surface area contributed by atoms with Gasteiger partial charge in [0.05, 0.1) is 19.1 Å². The minimum absolute atomic E-state index is 0.972. The lowest BCUT2D eigenvalue weighted by Crippen LogP contribution is -3.16. The molecule has 0 spiro atoms. The van der Waals surface area contributed by atoms with E-state index in [-0.39, 0.29) is 0 Å². The van der Waals surface area contributed by atoms with E-state index in [0.29, 0.717) is 0 Å². The molecule has 1 aliphatic rings. The first-order chi connectivity index (χ1) is 10.6. The van der Waals surface area contributed by atoms with Gasteiger partial charge in [-0.25, -0.2) is 0 Å². The molecule has 132 valence electrons. The van der Waals surface area contributed by atoms with E-state index >= 15 is 0 Å². The molecule has 0 radical (unpaired) electrons. The van der Waals surface area contributed by atoms with Crippen molar-refractivity contribution in [2.75, 3.05) is 13.1 Å². The SMILES string of the molecule is CC(=O)[O-].CCCCCCCCC[NH+]1CCCCC1CCC. The molecule has 0 saturated carbocycles. The second-order valence-corrected chi connectivity index (χ2v) is 6.75. The van der Waals surface area contributed by atoms with Gasteiger partial charge in [-0.1, -0.05) is 52.4 Å². The minimum Gasteiger partial charge on any atom is -0.550 e. The van der Waals surface area contributed by atoms with Gasteiger partial charge in [0.25, 0.3) is 0 Å². The van der Waals surface area contributed by atoms with Crippen molar-refractivity contribution in [3.63, 3.8) is 0 Å². The topological polar surface area (TPSA) is 44.6 Å². The Kier molecular flexibility index (Phi) is 14.9. The smallest absolute Gasteiger partial charge is 0.0874 e. The first kappa shape index (κ1) is 21.4. The molecular formula is C19H39NO2. The summed E-state index contributed by atoms with van der Waals surface area (Å²) < 4.78 is 0. The highest BCUT2D eigenvalue weighted by atomic mass is 16.4. The van der Waals surface area contributed by atoms with Crippen molar-refractivity contribution in [3.05, 3.63) is 0 Å². The monoisotopic (exact) mass is 313 g/mol. The van der Waals surface area contributed by atoms with Crippen molar-refractivity contribution in [3.8, 4) is 0 Å². The van der Waals surface area contributed by atoms with Crippen molar-refractivity contribution in [1.29, 1.82) is 0 Å². The average Bonchev–Trinajstić information content (AvgIpc) is 2.48. The first-order valence-corrected chi connectivity index (χ1v) is 9.63. The molecule has 1 aliphatic heterocycles. The zero-order valence-corrected chi connectivity index (χ0v) is 15.3. The summed E-state index contributed by atoms with van der Waals surface area (Å²) in [6.45, 7) is 8.53. The van der Waals surface area contributed by atoms with Crippen LogP contribution in [0.3, 0.4) is 0 Å². The number of hydrogen-bond donors (Lipinski definition) is 1. The molecule has 0 amide bonds. The Labute approximate surface area is 138 Å². The van der Waals surface area contributed by atoms with E-state index in [1.165, 1.54) is 90.1 Å². The molecule has 1 fully saturated rings. The number of rotatable bonds is 10. The van der Waals surface area contributed by atoms with Crippen LogP contribution in [0.4, 0.5) is 0 Å². The molecule has 1 rings (SSSR count). The van der Waals surface area contributed by atoms with Crippen LogP contribution < -0.4 is 10.0 Å². The van der Waals surface area contributed by atoms with Crippen LogP contribution in [0.2, 0.25) is 0 Å². The van der Waals surface area contributed by atoms with E-state index in [1.54, 1.807) is 0 Å². The fourth-order valence-electron chi connectivity index (χ4n) is 3.49. The maximum Gasteiger partial charge on any atom is 0.0874 e. The number of carbonyl (C=O) groups is 1. The van der Waals surface area contributed by atoms with Gasteiger partial charge in [0.2, 0.25) is 0 Å². The number of likely N-dealkylation sites (tertiary alicyclic amines) is 1. The number of unbranched alkanes of at least 4 members (excludes halogenated alkanes) is 6. The molecule has 1 N–H and O–H groups in total. The van der Waals surface area contributed by atoms with E-state index in [4.69, 9.17) is 9.90 Å². The van der Waals surface area contributed by atoms with Crippen LogP contribution in [-0.4, -0.2) is 25.1 Å². The second-order valence-electron chi connectivity index (χ2n) is 6.75. The molecule has 3 heteroatoms. The fraction of sp³-hybridized carbons (Fsp3) is 0.947. The van der Waals surface area contributed by atoms with Gasteiger partial charge >= 0.3 is 0 Å². The van der Waals surface area contributed by atoms with Gasteiger partial charge in [-0.3, -0.25) is 0 Å². The zero-order chi connectivity index (χ0) is 16.6. The Morgan fingerprint density at radius 2 is 1.59 bits per heavy atom. The van der Waals surface area contributed by atoms with Crippen molar-refractivity contribution >= 4 is 5.97 Å². The number of hydrogen-bond acceptors (Lipinski definition) is 2. The third kappa shape index (κ3) is 13.1. The summed E-state index contributed by atoms with van der Waals surface area (Å²) in [6.07, 6.45) is 17.5. The molecule has 2 unspecified atom stereocenters. The Balaban J connectivity index is 0.000000980. The second kappa shape index (κ2) is 15.3. The van der Waals surface area contributed by atoms with E-state index < -0.39 is 5.97 Å². The van der Waals surface area contributed by atoms with Crippen molar-refractivity contribution in [2.24, 2.45) is 0 Å². The third-order valence-electron chi connectivity index (χ3n) is 4.62. The summed E-state index contributed by atoms with van der Waals surface area (Å²) in [6, 6.07) is 1.00. The number of carboxylic acid groups (broad SMARTS) is 1. The minimum atomic E-state index is -1.08. The Hall–Kier alpha value is -0.570. The van der Waals surface area contributed by atoms with Gasteiger partial charge in [-0.2, -0.15) is 0 Å². The van der Waals surface area contributed by atoms with Crippen LogP contribution in [0.5, 0.6) is 0 Å². The molecule has 0 bridgehead atoms. The van der Waals surface area contributed by atoms with E-state index in [1.807, 2.05) is 4.90 Å². The predicted molar refractivity (Wildman–Crippen MR) is 91.9 cm³/mol. The van der Waals surface area contributed by atoms with Gasteiger partial charge in [0.1, 0.15) is 0 Å². The van der Waals surface area contributed by atoms with Gasteiger partial charge in [0, 0.05) is 5.97 Å². The highest BCUT2D eigenvalue weighted by Crippen LogP contribution is 2.09. The van der Waals surface area contributed by atoms with E-state index in [0.717, 1.165) is 13.0 Å². The maximum atomic E-state index is 8.89. The summed E-state index contributed by atoms with van der Waals surface area (Å²) in [5.74, 6) is -1.08. The lowest BCUT2D eigenvalue weighted by Gasteiger charge is -2.32. The Morgan fingerprint density at radius 3 is 2.18 bits per heavy atom. The quantitative estimate of drug-likeness (QED) is 0.630. The number of piperidine rings is 1. The number of carbonyl (C=O) groups excluding carboxylic acids is 1. The molecule has 0 aromatic carbocycles. The van der Waals surface area contributed by atoms with Crippen molar-refractivity contribution in [1.82, 2.24) is 0 Å². The van der Waals surface area contributed by atoms with Crippen LogP contribution in [0.25, 0.3) is 0 Å². The molecular weight excluding hydrogens is 274 g/mol. The molecule has 1 saturated heterocycles. The lowest BCUT2D eigenvalue weighted by atomic mass is 9.97. The molecule has 1 heterocycles. The third-order valence-corrected chi connectivity index (χ3v) is 4.62. The van der Waals surface area contributed by atoms with Gasteiger partial charge in [-0.15, -0.1) is 0 Å². The highest BCUT2D eigenvalue weighted by Gasteiger charge is 2.24. The van der Waals surface area contributed by atoms with Gasteiger partial charge < -0.3 is 14.8 Å². The molecule has 22 heavy (non-hydrogen) atoms. The molecule has 0 aromatic heterocycles. The molecule has 0 aromatic rings. The summed E-state index contributed by atoms with van der Waals surface area (Å²) in [7, 11) is 0. The van der Waals surface area contributed by atoms with Crippen molar-refractivity contribution < 1.29 is 14.8 Å². The Morgan fingerprint density at radius 1 is 1.00 bits per heavy atom. The van der Waals surface area contributed by atoms with Crippen LogP contribution in [0.1, 0.15) is 97.8 Å². The van der Waals surface area contributed by atoms with E-state index in [9.17, 15) is 0 Å². The van der Waals surface area contributed by atoms with Crippen LogP contribution >= 0.6 is 0 Å². The Bertz CT molecular complexity index is 250. The van der Waals surface area contributed by atoms with Crippen LogP contribution in [0, 0.1) is 0 Å². The van der Waals surface area contributed by atoms with Crippen LogP contribution in [0.15, 0.2) is 0 Å². The molecule has 3 nitrogen and oxygen atoms in total. The zero-order valence-electron chi connectivity index (χ0n) is 15.3. The van der Waals surface area contributed by atoms with Gasteiger partial charge in [0.15, 0.2) is 0 Å². The average molecular weight is 314 g/mol. The molecule has 2 atom stereocenters. The van der Waals surface area contributed by atoms with Gasteiger partial charge in [-0.05, 0) is 45.4 Å². The first-order valence-electron chi connectivity index (χ1n) is 9.63. The maximum absolute atomic E-state index is 8.89. The summed E-state index contributed by atoms with van der Waals surface area (Å²) in [4.78, 5) is 10.8. The summed E-state index contributed by atoms with van der Waals surface area (Å²) >= 11 is 0. The van der Waals surface area contributed by atoms with Crippen molar-refractivity contribution in [2.45, 2.75) is 104 Å². The molecule has 0 aliphatic carbocycles. The fourth-order valence-corrected chi connectivity index (χ4v) is 3.49. The highest BCUT2D eigenvalue weighted by molar-refractivity contribution is 5.60. The number of nitrogens with one attached hydrogen (secondary N) is 1. The summed E-state index contributed by atoms with van der Waals surface area (Å²) in [5, 5.41) is 8.89. The number of carboxylic acids is 1. The largest absolute Gasteiger partial charge is 0.550 e. The van der Waals surface area contributed by atoms with Crippen LogP contribution in [-0.2, 0) is 4.79 Å². The lowest BCUT2D eigenvalue weighted by molar-refractivity contribution is -0.931. The van der Waals surface area contributed by atoms with E-state index in [2.05, 4.69) is 13.8 Å². The predicted octanol–water partition coefficient (Wildman–Crippen LogP) is 2.73. The normalized spacial score (nSPS) is 21.0.